The van der Waals surface area contributed by atoms with E-state index in [0.717, 1.165) is 39.5 Å². The summed E-state index contributed by atoms with van der Waals surface area (Å²) < 4.78 is 1.89. The molecule has 0 unspecified atom stereocenters. The summed E-state index contributed by atoms with van der Waals surface area (Å²) in [5.74, 6) is 0.805. The highest BCUT2D eigenvalue weighted by Crippen LogP contribution is 2.35. The topological polar surface area (TPSA) is 34.9 Å². The molecule has 5 heteroatoms. The van der Waals surface area contributed by atoms with E-state index in [1.54, 1.807) is 23.1 Å². The number of nitrogens with zero attached hydrogens (tertiary/aromatic N) is 2. The van der Waals surface area contributed by atoms with Crippen LogP contribution in [-0.2, 0) is 25.1 Å². The normalized spacial score (nSPS) is 13.5. The zero-order chi connectivity index (χ0) is 20.5. The van der Waals surface area contributed by atoms with Crippen molar-refractivity contribution in [1.29, 1.82) is 0 Å². The first kappa shape index (κ1) is 19.6. The Labute approximate surface area is 184 Å². The van der Waals surface area contributed by atoms with Gasteiger partial charge in [-0.2, -0.15) is 0 Å². The van der Waals surface area contributed by atoms with Crippen molar-refractivity contribution >= 4 is 33.3 Å². The fourth-order valence-electron chi connectivity index (χ4n) is 4.19. The molecule has 152 valence electrons. The number of fused-ring (bicyclic) bond motifs is 3. The Morgan fingerprint density at radius 1 is 1.03 bits per heavy atom. The second kappa shape index (κ2) is 8.40. The molecule has 3 nitrogen and oxygen atoms in total. The molecule has 0 fully saturated rings. The van der Waals surface area contributed by atoms with Gasteiger partial charge in [-0.1, -0.05) is 71.9 Å². The molecule has 0 saturated heterocycles. The molecular formula is C25H24N2OS2. The fourth-order valence-corrected chi connectivity index (χ4v) is 6.43. The Kier molecular flexibility index (Phi) is 5.48. The third-order valence-corrected chi connectivity index (χ3v) is 7.91. The first-order chi connectivity index (χ1) is 14.7. The van der Waals surface area contributed by atoms with E-state index in [-0.39, 0.29) is 5.56 Å². The number of hydrogen-bond donors (Lipinski definition) is 0. The predicted octanol–water partition coefficient (Wildman–Crippen LogP) is 5.99. The molecule has 0 spiro atoms. The van der Waals surface area contributed by atoms with Gasteiger partial charge in [-0.05, 0) is 49.3 Å². The summed E-state index contributed by atoms with van der Waals surface area (Å²) in [6.45, 7) is 2.67. The van der Waals surface area contributed by atoms with Gasteiger partial charge in [0, 0.05) is 10.6 Å². The molecule has 0 aliphatic heterocycles. The summed E-state index contributed by atoms with van der Waals surface area (Å²) in [7, 11) is 0. The fraction of sp³-hybridized carbons (Fsp3) is 0.280. The van der Waals surface area contributed by atoms with Gasteiger partial charge in [0.25, 0.3) is 5.56 Å². The number of benzene rings is 2. The minimum absolute atomic E-state index is 0.120. The van der Waals surface area contributed by atoms with E-state index in [2.05, 4.69) is 43.3 Å². The lowest BCUT2D eigenvalue weighted by Crippen LogP contribution is -2.24. The van der Waals surface area contributed by atoms with Crippen LogP contribution in [0.2, 0.25) is 0 Å². The molecule has 2 aromatic heterocycles. The summed E-state index contributed by atoms with van der Waals surface area (Å²) >= 11 is 3.39. The van der Waals surface area contributed by atoms with Gasteiger partial charge >= 0.3 is 0 Å². The van der Waals surface area contributed by atoms with Crippen molar-refractivity contribution < 1.29 is 0 Å². The van der Waals surface area contributed by atoms with Crippen LogP contribution in [0.1, 0.15) is 40.0 Å². The highest BCUT2D eigenvalue weighted by Gasteiger charge is 2.22. The Hall–Kier alpha value is -2.37. The van der Waals surface area contributed by atoms with E-state index in [0.29, 0.717) is 6.54 Å². The van der Waals surface area contributed by atoms with Gasteiger partial charge in [0.1, 0.15) is 4.83 Å². The molecule has 0 N–H and O–H groups in total. The zero-order valence-electron chi connectivity index (χ0n) is 17.1. The average molecular weight is 433 g/mol. The van der Waals surface area contributed by atoms with Crippen LogP contribution in [0.25, 0.3) is 10.2 Å². The summed E-state index contributed by atoms with van der Waals surface area (Å²) in [6, 6.07) is 18.8. The van der Waals surface area contributed by atoms with Gasteiger partial charge in [-0.25, -0.2) is 4.98 Å². The number of thioether (sulfide) groups is 1. The molecular weight excluding hydrogens is 408 g/mol. The van der Waals surface area contributed by atoms with E-state index in [1.165, 1.54) is 34.4 Å². The van der Waals surface area contributed by atoms with Gasteiger partial charge in [-0.3, -0.25) is 9.36 Å². The first-order valence-electron chi connectivity index (χ1n) is 10.5. The highest BCUT2D eigenvalue weighted by atomic mass is 32.2. The van der Waals surface area contributed by atoms with Crippen LogP contribution < -0.4 is 5.56 Å². The van der Waals surface area contributed by atoms with Crippen LogP contribution in [0, 0.1) is 6.92 Å². The number of thiophene rings is 1. The van der Waals surface area contributed by atoms with Gasteiger partial charge in [0.15, 0.2) is 5.16 Å². The standard InChI is InChI=1S/C25H24N2OS2/c1-17-8-7-11-19(14-17)16-29-25-26-23-22(20-12-5-6-13-21(20)30-23)24(28)27(25)15-18-9-3-2-4-10-18/h2-4,7-11,14H,5-6,12-13,15-16H2,1H3. The Balaban J connectivity index is 1.59. The van der Waals surface area contributed by atoms with Crippen molar-refractivity contribution in [3.05, 3.63) is 92.1 Å². The van der Waals surface area contributed by atoms with Crippen molar-refractivity contribution in [2.24, 2.45) is 0 Å². The lowest BCUT2D eigenvalue weighted by molar-refractivity contribution is 0.656. The minimum Gasteiger partial charge on any atom is -0.283 e. The molecule has 0 saturated carbocycles. The average Bonchev–Trinajstić information content (AvgIpc) is 3.14. The van der Waals surface area contributed by atoms with Crippen molar-refractivity contribution in [2.45, 2.75) is 50.1 Å². The summed E-state index contributed by atoms with van der Waals surface area (Å²) in [5, 5.41) is 1.68. The molecule has 4 aromatic rings. The molecule has 2 heterocycles. The van der Waals surface area contributed by atoms with Crippen molar-refractivity contribution in [3.8, 4) is 0 Å². The predicted molar refractivity (Wildman–Crippen MR) is 127 cm³/mol. The maximum atomic E-state index is 13.7. The van der Waals surface area contributed by atoms with Crippen molar-refractivity contribution in [2.75, 3.05) is 0 Å². The quantitative estimate of drug-likeness (QED) is 0.287. The molecule has 30 heavy (non-hydrogen) atoms. The lowest BCUT2D eigenvalue weighted by Gasteiger charge is -2.14. The van der Waals surface area contributed by atoms with Crippen molar-refractivity contribution in [3.63, 3.8) is 0 Å². The molecule has 1 aliphatic carbocycles. The third kappa shape index (κ3) is 3.84. The molecule has 0 radical (unpaired) electrons. The third-order valence-electron chi connectivity index (χ3n) is 5.67. The van der Waals surface area contributed by atoms with Gasteiger partial charge in [-0.15, -0.1) is 11.3 Å². The van der Waals surface area contributed by atoms with Crippen LogP contribution in [-0.4, -0.2) is 9.55 Å². The maximum absolute atomic E-state index is 13.7. The van der Waals surface area contributed by atoms with Crippen LogP contribution in [0.3, 0.4) is 0 Å². The minimum atomic E-state index is 0.120. The second-order valence-corrected chi connectivity index (χ2v) is 9.97. The molecule has 0 amide bonds. The van der Waals surface area contributed by atoms with Gasteiger partial charge in [0.2, 0.25) is 0 Å². The van der Waals surface area contributed by atoms with E-state index >= 15 is 0 Å². The van der Waals surface area contributed by atoms with E-state index in [9.17, 15) is 4.79 Å². The van der Waals surface area contributed by atoms with Crippen LogP contribution in [0.5, 0.6) is 0 Å². The van der Waals surface area contributed by atoms with Crippen LogP contribution in [0.15, 0.2) is 64.5 Å². The largest absolute Gasteiger partial charge is 0.283 e. The summed E-state index contributed by atoms with van der Waals surface area (Å²) in [4.78, 5) is 21.0. The molecule has 2 aromatic carbocycles. The number of aromatic nitrogens is 2. The lowest BCUT2D eigenvalue weighted by atomic mass is 9.97. The van der Waals surface area contributed by atoms with Crippen molar-refractivity contribution in [1.82, 2.24) is 9.55 Å². The van der Waals surface area contributed by atoms with Gasteiger partial charge < -0.3 is 0 Å². The number of rotatable bonds is 5. The first-order valence-corrected chi connectivity index (χ1v) is 12.3. The summed E-state index contributed by atoms with van der Waals surface area (Å²) in [6.07, 6.45) is 4.47. The SMILES string of the molecule is Cc1cccc(CSc2nc3sc4c(c3c(=O)n2Cc2ccccc2)CCCC4)c1. The maximum Gasteiger partial charge on any atom is 0.263 e. The number of aryl methyl sites for hydroxylation is 3. The van der Waals surface area contributed by atoms with Crippen LogP contribution in [0.4, 0.5) is 0 Å². The number of hydrogen-bond acceptors (Lipinski definition) is 4. The van der Waals surface area contributed by atoms with E-state index < -0.39 is 0 Å². The smallest absolute Gasteiger partial charge is 0.263 e. The van der Waals surface area contributed by atoms with Crippen LogP contribution >= 0.6 is 23.1 Å². The highest BCUT2D eigenvalue weighted by molar-refractivity contribution is 7.98. The Morgan fingerprint density at radius 2 is 1.83 bits per heavy atom. The zero-order valence-corrected chi connectivity index (χ0v) is 18.7. The Morgan fingerprint density at radius 3 is 2.67 bits per heavy atom. The van der Waals surface area contributed by atoms with E-state index in [1.807, 2.05) is 22.8 Å². The van der Waals surface area contributed by atoms with E-state index in [4.69, 9.17) is 4.98 Å². The second-order valence-electron chi connectivity index (χ2n) is 7.94. The molecule has 0 bridgehead atoms. The summed E-state index contributed by atoms with van der Waals surface area (Å²) in [5.41, 5.74) is 5.02. The van der Waals surface area contributed by atoms with Gasteiger partial charge in [0.05, 0.1) is 11.9 Å². The molecule has 1 aliphatic rings. The molecule has 0 atom stereocenters. The monoisotopic (exact) mass is 432 g/mol. The Bertz CT molecular complexity index is 1260. The molecule has 5 rings (SSSR count).